The SMILES string of the molecule is C[Si](C)(C)OC(=O)CO[PH](=O)OCC(C=O)O[Si](C)(C)C. The van der Waals surface area contributed by atoms with E-state index in [1.807, 2.05) is 39.3 Å². The largest absolute Gasteiger partial charge is 0.518 e. The number of rotatable bonds is 10. The minimum absolute atomic E-state index is 0.158. The van der Waals surface area contributed by atoms with E-state index in [0.717, 1.165) is 0 Å². The Balaban J connectivity index is 4.04. The van der Waals surface area contributed by atoms with Crippen molar-refractivity contribution in [3.63, 3.8) is 0 Å². The van der Waals surface area contributed by atoms with Crippen LogP contribution in [-0.2, 0) is 32.1 Å². The smallest absolute Gasteiger partial charge is 0.319 e. The highest BCUT2D eigenvalue weighted by atomic mass is 31.1. The normalized spacial score (nSPS) is 15.3. The van der Waals surface area contributed by atoms with Crippen LogP contribution in [0.5, 0.6) is 0 Å². The van der Waals surface area contributed by atoms with Gasteiger partial charge in [-0.25, -0.2) is 0 Å². The first-order valence-electron chi connectivity index (χ1n) is 6.57. The van der Waals surface area contributed by atoms with Crippen LogP contribution >= 0.6 is 8.25 Å². The van der Waals surface area contributed by atoms with Crippen LogP contribution in [0.25, 0.3) is 0 Å². The van der Waals surface area contributed by atoms with Gasteiger partial charge in [0.2, 0.25) is 8.32 Å². The first kappa shape index (κ1) is 20.7. The van der Waals surface area contributed by atoms with Crippen molar-refractivity contribution < 1.29 is 32.1 Å². The Morgan fingerprint density at radius 3 is 2.10 bits per heavy atom. The monoisotopic (exact) mass is 356 g/mol. The van der Waals surface area contributed by atoms with E-state index in [9.17, 15) is 14.2 Å². The fourth-order valence-electron chi connectivity index (χ4n) is 1.24. The van der Waals surface area contributed by atoms with Gasteiger partial charge in [0.05, 0.1) is 6.61 Å². The Labute approximate surface area is 128 Å². The molecule has 0 amide bonds. The lowest BCUT2D eigenvalue weighted by Crippen LogP contribution is -2.35. The highest BCUT2D eigenvalue weighted by molar-refractivity contribution is 7.33. The van der Waals surface area contributed by atoms with E-state index >= 15 is 0 Å². The minimum Gasteiger partial charge on any atom is -0.518 e. The summed E-state index contributed by atoms with van der Waals surface area (Å²) in [5, 5.41) is 0. The summed E-state index contributed by atoms with van der Waals surface area (Å²) in [7, 11) is -6.73. The molecule has 0 N–H and O–H groups in total. The summed E-state index contributed by atoms with van der Waals surface area (Å²) in [6.07, 6.45) is -0.171. The molecule has 0 heterocycles. The van der Waals surface area contributed by atoms with Crippen LogP contribution in [-0.4, -0.2) is 48.2 Å². The van der Waals surface area contributed by atoms with E-state index in [2.05, 4.69) is 0 Å². The van der Waals surface area contributed by atoms with Crippen LogP contribution in [0, 0.1) is 0 Å². The molecule has 0 rings (SSSR count). The highest BCUT2D eigenvalue weighted by Gasteiger charge is 2.22. The molecule has 7 nitrogen and oxygen atoms in total. The third-order valence-corrected chi connectivity index (χ3v) is 4.38. The van der Waals surface area contributed by atoms with E-state index in [1.165, 1.54) is 0 Å². The second-order valence-corrected chi connectivity index (χ2v) is 16.3. The molecule has 0 radical (unpaired) electrons. The molecule has 0 aromatic carbocycles. The van der Waals surface area contributed by atoms with E-state index in [4.69, 9.17) is 17.9 Å². The van der Waals surface area contributed by atoms with Crippen LogP contribution in [0.2, 0.25) is 39.3 Å². The number of hydrogen-bond donors (Lipinski definition) is 0. The van der Waals surface area contributed by atoms with Gasteiger partial charge in [-0.3, -0.25) is 13.9 Å². The lowest BCUT2D eigenvalue weighted by atomic mass is 10.4. The van der Waals surface area contributed by atoms with Crippen LogP contribution in [0.3, 0.4) is 0 Å². The second-order valence-electron chi connectivity index (χ2n) is 6.34. The molecular formula is C11H25O7PSi2. The highest BCUT2D eigenvalue weighted by Crippen LogP contribution is 2.24. The van der Waals surface area contributed by atoms with E-state index in [-0.39, 0.29) is 6.61 Å². The van der Waals surface area contributed by atoms with Crippen molar-refractivity contribution in [2.75, 3.05) is 13.2 Å². The predicted molar refractivity (Wildman–Crippen MR) is 84.6 cm³/mol. The van der Waals surface area contributed by atoms with Crippen molar-refractivity contribution in [1.82, 2.24) is 0 Å². The first-order valence-corrected chi connectivity index (χ1v) is 14.6. The Bertz CT molecular complexity index is 376. The summed E-state index contributed by atoms with van der Waals surface area (Å²) in [6.45, 7) is 10.8. The Morgan fingerprint density at radius 1 is 1.10 bits per heavy atom. The van der Waals surface area contributed by atoms with E-state index in [1.54, 1.807) is 0 Å². The zero-order valence-electron chi connectivity index (χ0n) is 13.4. The molecule has 0 aliphatic rings. The number of carbonyl (C=O) groups is 2. The zero-order valence-corrected chi connectivity index (χ0v) is 16.4. The molecule has 0 spiro atoms. The molecule has 0 saturated carbocycles. The van der Waals surface area contributed by atoms with Crippen molar-refractivity contribution in [3.8, 4) is 0 Å². The molecule has 10 heteroatoms. The molecular weight excluding hydrogens is 331 g/mol. The second kappa shape index (κ2) is 8.97. The topological polar surface area (TPSA) is 88.1 Å². The standard InChI is InChI=1S/C11H25O7PSi2/c1-20(2,3)17-10(7-12)8-15-19(14)16-9-11(13)18-21(4,5)6/h7,10,19H,8-9H2,1-6H3. The van der Waals surface area contributed by atoms with Crippen molar-refractivity contribution in [1.29, 1.82) is 0 Å². The van der Waals surface area contributed by atoms with Crippen LogP contribution in [0.4, 0.5) is 0 Å². The van der Waals surface area contributed by atoms with Gasteiger partial charge in [-0.2, -0.15) is 0 Å². The Morgan fingerprint density at radius 2 is 1.67 bits per heavy atom. The average Bonchev–Trinajstić information content (AvgIpc) is 2.28. The molecule has 0 fully saturated rings. The van der Waals surface area contributed by atoms with Gasteiger partial charge in [0.25, 0.3) is 0 Å². The quantitative estimate of drug-likeness (QED) is 0.337. The van der Waals surface area contributed by atoms with Gasteiger partial charge in [0.1, 0.15) is 12.4 Å². The van der Waals surface area contributed by atoms with Crippen molar-refractivity contribution in [3.05, 3.63) is 0 Å². The number of hydrogen-bond acceptors (Lipinski definition) is 7. The van der Waals surface area contributed by atoms with Gasteiger partial charge in [-0.1, -0.05) is 0 Å². The summed E-state index contributed by atoms with van der Waals surface area (Å²) in [5.41, 5.74) is 0. The number of carbonyl (C=O) groups excluding carboxylic acids is 2. The lowest BCUT2D eigenvalue weighted by Gasteiger charge is -2.22. The summed E-state index contributed by atoms with van der Waals surface area (Å²) in [5.74, 6) is -0.568. The van der Waals surface area contributed by atoms with Gasteiger partial charge < -0.3 is 18.2 Å². The van der Waals surface area contributed by atoms with Gasteiger partial charge in [-0.05, 0) is 39.3 Å². The van der Waals surface area contributed by atoms with Crippen LogP contribution < -0.4 is 0 Å². The molecule has 2 unspecified atom stereocenters. The summed E-state index contributed by atoms with van der Waals surface area (Å²) >= 11 is 0. The van der Waals surface area contributed by atoms with E-state index < -0.39 is 43.6 Å². The lowest BCUT2D eigenvalue weighted by molar-refractivity contribution is -0.137. The predicted octanol–water partition coefficient (Wildman–Crippen LogP) is 2.21. The van der Waals surface area contributed by atoms with Gasteiger partial charge in [0, 0.05) is 0 Å². The first-order chi connectivity index (χ1) is 9.43. The third-order valence-electron chi connectivity index (χ3n) is 1.75. The molecule has 0 bridgehead atoms. The molecule has 0 aromatic rings. The molecule has 0 aliphatic heterocycles. The summed E-state index contributed by atoms with van der Waals surface area (Å²) in [6, 6.07) is 0. The summed E-state index contributed by atoms with van der Waals surface area (Å²) < 4.78 is 31.8. The molecule has 21 heavy (non-hydrogen) atoms. The average molecular weight is 356 g/mol. The molecule has 0 aliphatic carbocycles. The van der Waals surface area contributed by atoms with Crippen molar-refractivity contribution >= 4 is 37.1 Å². The zero-order chi connectivity index (χ0) is 16.7. The van der Waals surface area contributed by atoms with Gasteiger partial charge >= 0.3 is 14.2 Å². The van der Waals surface area contributed by atoms with Crippen LogP contribution in [0.1, 0.15) is 0 Å². The van der Waals surface area contributed by atoms with Crippen LogP contribution in [0.15, 0.2) is 0 Å². The fourth-order valence-corrected chi connectivity index (χ4v) is 3.63. The molecule has 0 aromatic heterocycles. The summed E-state index contributed by atoms with van der Waals surface area (Å²) in [4.78, 5) is 22.2. The number of aldehydes is 1. The van der Waals surface area contributed by atoms with Crippen molar-refractivity contribution in [2.24, 2.45) is 0 Å². The maximum Gasteiger partial charge on any atom is 0.319 e. The molecule has 2 atom stereocenters. The van der Waals surface area contributed by atoms with Gasteiger partial charge in [-0.15, -0.1) is 0 Å². The fraction of sp³-hybridized carbons (Fsp3) is 0.818. The molecule has 124 valence electrons. The maximum absolute atomic E-state index is 11.5. The van der Waals surface area contributed by atoms with Crippen molar-refractivity contribution in [2.45, 2.75) is 45.4 Å². The molecule has 0 saturated heterocycles. The Kier molecular flexibility index (Phi) is 8.83. The minimum atomic E-state index is -2.86. The Hall–Kier alpha value is -0.316. The maximum atomic E-state index is 11.5. The van der Waals surface area contributed by atoms with Gasteiger partial charge in [0.15, 0.2) is 14.9 Å². The third kappa shape index (κ3) is 13.1. The van der Waals surface area contributed by atoms with E-state index in [0.29, 0.717) is 6.29 Å².